The van der Waals surface area contributed by atoms with Crippen molar-refractivity contribution in [2.45, 2.75) is 19.9 Å². The van der Waals surface area contributed by atoms with Crippen molar-refractivity contribution in [3.63, 3.8) is 0 Å². The topological polar surface area (TPSA) is 55.1 Å². The molecule has 4 nitrogen and oxygen atoms in total. The van der Waals surface area contributed by atoms with Crippen LogP contribution in [0, 0.1) is 6.92 Å². The predicted octanol–water partition coefficient (Wildman–Crippen LogP) is 3.55. The van der Waals surface area contributed by atoms with Gasteiger partial charge in [0.1, 0.15) is 0 Å². The Hall–Kier alpha value is -2.14. The van der Waals surface area contributed by atoms with E-state index < -0.39 is 5.97 Å². The normalized spacial score (nSPS) is 11.1. The van der Waals surface area contributed by atoms with Crippen LogP contribution in [0.1, 0.15) is 11.3 Å². The minimum atomic E-state index is -0.795. The molecule has 0 spiro atoms. The molecule has 0 radical (unpaired) electrons. The standard InChI is InChI=1S/C15H14N2O2S/c1-10-6-7-13(20-10)15-16-11-4-2-3-5-12(11)17(15)9-8-14(18)19/h2-7H,8-9H2,1H3,(H,18,19). The summed E-state index contributed by atoms with van der Waals surface area (Å²) in [5.41, 5.74) is 1.88. The second-order valence-electron chi connectivity index (χ2n) is 4.63. The zero-order valence-electron chi connectivity index (χ0n) is 11.0. The van der Waals surface area contributed by atoms with E-state index in [1.807, 2.05) is 34.9 Å². The zero-order valence-corrected chi connectivity index (χ0v) is 11.9. The van der Waals surface area contributed by atoms with Gasteiger partial charge in [-0.05, 0) is 31.2 Å². The number of benzene rings is 1. The first-order valence-corrected chi connectivity index (χ1v) is 7.20. The fourth-order valence-electron chi connectivity index (χ4n) is 2.25. The van der Waals surface area contributed by atoms with E-state index in [1.54, 1.807) is 11.3 Å². The number of imidazole rings is 1. The van der Waals surface area contributed by atoms with E-state index in [4.69, 9.17) is 5.11 Å². The van der Waals surface area contributed by atoms with Crippen LogP contribution in [0.5, 0.6) is 0 Å². The molecule has 0 unspecified atom stereocenters. The first-order valence-electron chi connectivity index (χ1n) is 6.39. The fourth-order valence-corrected chi connectivity index (χ4v) is 3.12. The highest BCUT2D eigenvalue weighted by Crippen LogP contribution is 2.30. The second kappa shape index (κ2) is 5.09. The number of fused-ring (bicyclic) bond motifs is 1. The number of hydrogen-bond donors (Lipinski definition) is 1. The molecule has 0 bridgehead atoms. The lowest BCUT2D eigenvalue weighted by atomic mass is 10.3. The third-order valence-electron chi connectivity index (χ3n) is 3.16. The molecule has 0 saturated carbocycles. The third-order valence-corrected chi connectivity index (χ3v) is 4.16. The van der Waals surface area contributed by atoms with Crippen LogP contribution < -0.4 is 0 Å². The summed E-state index contributed by atoms with van der Waals surface area (Å²) in [6.45, 7) is 2.49. The van der Waals surface area contributed by atoms with Crippen LogP contribution in [-0.4, -0.2) is 20.6 Å². The molecule has 3 rings (SSSR count). The summed E-state index contributed by atoms with van der Waals surface area (Å²) in [4.78, 5) is 17.8. The second-order valence-corrected chi connectivity index (χ2v) is 5.92. The van der Waals surface area contributed by atoms with Gasteiger partial charge in [-0.15, -0.1) is 11.3 Å². The molecule has 3 aromatic rings. The summed E-state index contributed by atoms with van der Waals surface area (Å²) in [5, 5.41) is 8.92. The van der Waals surface area contributed by atoms with Crippen LogP contribution in [-0.2, 0) is 11.3 Å². The largest absolute Gasteiger partial charge is 0.481 e. The number of nitrogens with zero attached hydrogens (tertiary/aromatic N) is 2. The Morgan fingerprint density at radius 3 is 2.80 bits per heavy atom. The van der Waals surface area contributed by atoms with Gasteiger partial charge in [-0.25, -0.2) is 4.98 Å². The van der Waals surface area contributed by atoms with Crippen LogP contribution >= 0.6 is 11.3 Å². The molecule has 20 heavy (non-hydrogen) atoms. The molecule has 0 aliphatic carbocycles. The number of aryl methyl sites for hydroxylation is 2. The van der Waals surface area contributed by atoms with Crippen molar-refractivity contribution in [1.29, 1.82) is 0 Å². The summed E-state index contributed by atoms with van der Waals surface area (Å²) in [7, 11) is 0. The molecule has 0 aliphatic rings. The van der Waals surface area contributed by atoms with E-state index >= 15 is 0 Å². The van der Waals surface area contributed by atoms with Gasteiger partial charge in [0.05, 0.1) is 22.3 Å². The average Bonchev–Trinajstić information content (AvgIpc) is 2.99. The van der Waals surface area contributed by atoms with Gasteiger partial charge < -0.3 is 9.67 Å². The van der Waals surface area contributed by atoms with Crippen molar-refractivity contribution in [1.82, 2.24) is 9.55 Å². The van der Waals surface area contributed by atoms with Crippen LogP contribution in [0.15, 0.2) is 36.4 Å². The smallest absolute Gasteiger partial charge is 0.305 e. The quantitative estimate of drug-likeness (QED) is 0.798. The van der Waals surface area contributed by atoms with Crippen molar-refractivity contribution in [3.05, 3.63) is 41.3 Å². The predicted molar refractivity (Wildman–Crippen MR) is 80.0 cm³/mol. The Balaban J connectivity index is 2.14. The molecule has 5 heteroatoms. The number of aromatic nitrogens is 2. The van der Waals surface area contributed by atoms with Crippen LogP contribution in [0.3, 0.4) is 0 Å². The number of thiophene rings is 1. The first-order chi connectivity index (χ1) is 9.65. The van der Waals surface area contributed by atoms with Crippen molar-refractivity contribution in [2.75, 3.05) is 0 Å². The molecule has 102 valence electrons. The van der Waals surface area contributed by atoms with Crippen LogP contribution in [0.25, 0.3) is 21.7 Å². The molecule has 0 amide bonds. The Bertz CT molecular complexity index is 773. The maximum Gasteiger partial charge on any atom is 0.305 e. The number of carboxylic acid groups (broad SMARTS) is 1. The highest BCUT2D eigenvalue weighted by atomic mass is 32.1. The summed E-state index contributed by atoms with van der Waals surface area (Å²) in [6, 6.07) is 11.9. The van der Waals surface area contributed by atoms with Crippen molar-refractivity contribution < 1.29 is 9.90 Å². The van der Waals surface area contributed by atoms with Crippen molar-refractivity contribution in [2.24, 2.45) is 0 Å². The molecule has 0 saturated heterocycles. The summed E-state index contributed by atoms with van der Waals surface area (Å²) in [6.07, 6.45) is 0.0950. The van der Waals surface area contributed by atoms with Gasteiger partial charge in [0, 0.05) is 11.4 Å². The molecule has 0 aliphatic heterocycles. The van der Waals surface area contributed by atoms with E-state index in [9.17, 15) is 4.79 Å². The number of carbonyl (C=O) groups is 1. The molecule has 1 aromatic carbocycles. The van der Waals surface area contributed by atoms with Gasteiger partial charge >= 0.3 is 5.97 Å². The maximum absolute atomic E-state index is 10.9. The molecular weight excluding hydrogens is 272 g/mol. The molecule has 2 heterocycles. The van der Waals surface area contributed by atoms with E-state index in [2.05, 4.69) is 18.0 Å². The van der Waals surface area contributed by atoms with Crippen LogP contribution in [0.2, 0.25) is 0 Å². The van der Waals surface area contributed by atoms with Gasteiger partial charge in [-0.3, -0.25) is 4.79 Å². The molecular formula is C15H14N2O2S. The minimum absolute atomic E-state index is 0.0950. The van der Waals surface area contributed by atoms with Gasteiger partial charge in [-0.2, -0.15) is 0 Å². The Kier molecular flexibility index (Phi) is 3.28. The Labute approximate surface area is 120 Å². The number of para-hydroxylation sites is 2. The summed E-state index contributed by atoms with van der Waals surface area (Å²) in [5.74, 6) is 0.0571. The van der Waals surface area contributed by atoms with Gasteiger partial charge in [0.15, 0.2) is 5.82 Å². The highest BCUT2D eigenvalue weighted by molar-refractivity contribution is 7.15. The van der Waals surface area contributed by atoms with Crippen molar-refractivity contribution in [3.8, 4) is 10.7 Å². The maximum atomic E-state index is 10.9. The first kappa shape index (κ1) is 12.9. The highest BCUT2D eigenvalue weighted by Gasteiger charge is 2.14. The van der Waals surface area contributed by atoms with E-state index in [0.29, 0.717) is 6.54 Å². The van der Waals surface area contributed by atoms with E-state index in [-0.39, 0.29) is 6.42 Å². The molecule has 1 N–H and O–H groups in total. The summed E-state index contributed by atoms with van der Waals surface area (Å²) < 4.78 is 1.99. The van der Waals surface area contributed by atoms with E-state index in [0.717, 1.165) is 21.7 Å². The van der Waals surface area contributed by atoms with Gasteiger partial charge in [-0.1, -0.05) is 12.1 Å². The minimum Gasteiger partial charge on any atom is -0.481 e. The Morgan fingerprint density at radius 1 is 1.30 bits per heavy atom. The average molecular weight is 286 g/mol. The number of aliphatic carboxylic acids is 1. The third kappa shape index (κ3) is 2.32. The van der Waals surface area contributed by atoms with E-state index in [1.165, 1.54) is 4.88 Å². The van der Waals surface area contributed by atoms with Gasteiger partial charge in [0.2, 0.25) is 0 Å². The SMILES string of the molecule is Cc1ccc(-c2nc3ccccc3n2CCC(=O)O)s1. The number of hydrogen-bond acceptors (Lipinski definition) is 3. The van der Waals surface area contributed by atoms with Gasteiger partial charge in [0.25, 0.3) is 0 Å². The summed E-state index contributed by atoms with van der Waals surface area (Å²) >= 11 is 1.67. The molecule has 0 fully saturated rings. The lowest BCUT2D eigenvalue weighted by Crippen LogP contribution is -2.05. The van der Waals surface area contributed by atoms with Crippen LogP contribution in [0.4, 0.5) is 0 Å². The Morgan fingerprint density at radius 2 is 2.10 bits per heavy atom. The monoisotopic (exact) mass is 286 g/mol. The zero-order chi connectivity index (χ0) is 14.1. The lowest BCUT2D eigenvalue weighted by Gasteiger charge is -2.06. The molecule has 2 aromatic heterocycles. The lowest BCUT2D eigenvalue weighted by molar-refractivity contribution is -0.137. The number of rotatable bonds is 4. The van der Waals surface area contributed by atoms with Crippen molar-refractivity contribution >= 4 is 28.3 Å². The fraction of sp³-hybridized carbons (Fsp3) is 0.200. The molecule has 0 atom stereocenters. The number of carboxylic acids is 1.